The third-order valence-electron chi connectivity index (χ3n) is 4.47. The smallest absolute Gasteiger partial charge is 0.218 e. The number of ether oxygens (including phenoxy) is 1. The average Bonchev–Trinajstić information content (AvgIpc) is 3.15. The van der Waals surface area contributed by atoms with Crippen LogP contribution in [0.3, 0.4) is 0 Å². The van der Waals surface area contributed by atoms with Gasteiger partial charge < -0.3 is 10.5 Å². The van der Waals surface area contributed by atoms with Crippen molar-refractivity contribution in [1.29, 1.82) is 5.26 Å². The zero-order valence-electron chi connectivity index (χ0n) is 16.4. The largest absolute Gasteiger partial charge is 0.438 e. The lowest BCUT2D eigenvalue weighted by Gasteiger charge is -2.11. The van der Waals surface area contributed by atoms with Gasteiger partial charge in [0.25, 0.3) is 0 Å². The van der Waals surface area contributed by atoms with Gasteiger partial charge in [0.2, 0.25) is 5.88 Å². The van der Waals surface area contributed by atoms with E-state index in [4.69, 9.17) is 10.5 Å². The maximum Gasteiger partial charge on any atom is 0.218 e. The van der Waals surface area contributed by atoms with Crippen LogP contribution in [0, 0.1) is 11.3 Å². The Balaban J connectivity index is 1.70. The Morgan fingerprint density at radius 3 is 2.60 bits per heavy atom. The summed E-state index contributed by atoms with van der Waals surface area (Å²) in [4.78, 5) is 13.2. The minimum Gasteiger partial charge on any atom is -0.438 e. The lowest BCUT2D eigenvalue weighted by molar-refractivity contribution is 0.432. The van der Waals surface area contributed by atoms with Crippen LogP contribution >= 0.6 is 0 Å². The van der Waals surface area contributed by atoms with E-state index < -0.39 is 0 Å². The number of nitrogens with two attached hydrogens (primary N) is 1. The van der Waals surface area contributed by atoms with E-state index in [9.17, 15) is 5.26 Å². The third kappa shape index (κ3) is 4.01. The predicted octanol–water partition coefficient (Wildman–Crippen LogP) is 3.10. The molecular weight excluding hydrogens is 378 g/mol. The van der Waals surface area contributed by atoms with Crippen LogP contribution in [0.5, 0.6) is 11.6 Å². The highest BCUT2D eigenvalue weighted by molar-refractivity contribution is 5.66. The summed E-state index contributed by atoms with van der Waals surface area (Å²) in [5.74, 6) is 1.48. The SMILES string of the molecule is Cn1nc(-c2ccccn2)cc1Oc1cc(C#N)ccc1-c1ncc(CCN)cn1. The Hall–Kier alpha value is -4.09. The number of nitrogens with zero attached hydrogens (tertiary/aromatic N) is 6. The Morgan fingerprint density at radius 1 is 1.07 bits per heavy atom. The van der Waals surface area contributed by atoms with Crippen molar-refractivity contribution >= 4 is 0 Å². The Morgan fingerprint density at radius 2 is 1.90 bits per heavy atom. The number of benzene rings is 1. The second-order valence-corrected chi connectivity index (χ2v) is 6.58. The second kappa shape index (κ2) is 8.51. The average molecular weight is 397 g/mol. The molecule has 0 aliphatic rings. The summed E-state index contributed by atoms with van der Waals surface area (Å²) in [5.41, 5.74) is 9.13. The van der Waals surface area contributed by atoms with E-state index in [0.717, 1.165) is 11.3 Å². The highest BCUT2D eigenvalue weighted by atomic mass is 16.5. The van der Waals surface area contributed by atoms with Crippen LogP contribution in [-0.4, -0.2) is 31.3 Å². The molecule has 0 atom stereocenters. The first kappa shape index (κ1) is 19.2. The maximum absolute atomic E-state index is 9.32. The van der Waals surface area contributed by atoms with Crippen molar-refractivity contribution < 1.29 is 4.74 Å². The molecule has 0 aliphatic heterocycles. The molecule has 0 radical (unpaired) electrons. The molecule has 0 saturated heterocycles. The molecule has 0 saturated carbocycles. The third-order valence-corrected chi connectivity index (χ3v) is 4.47. The summed E-state index contributed by atoms with van der Waals surface area (Å²) in [5, 5.41) is 13.8. The number of aryl methyl sites for hydroxylation is 1. The Bertz CT molecular complexity index is 1190. The number of aromatic nitrogens is 5. The van der Waals surface area contributed by atoms with Crippen molar-refractivity contribution in [3.05, 3.63) is 72.2 Å². The zero-order chi connectivity index (χ0) is 20.9. The molecule has 0 bridgehead atoms. The summed E-state index contributed by atoms with van der Waals surface area (Å²) in [7, 11) is 1.79. The summed E-state index contributed by atoms with van der Waals surface area (Å²) in [6.45, 7) is 0.535. The molecule has 4 rings (SSSR count). The maximum atomic E-state index is 9.32. The fourth-order valence-electron chi connectivity index (χ4n) is 2.95. The molecule has 0 amide bonds. The highest BCUT2D eigenvalue weighted by Crippen LogP contribution is 2.33. The zero-order valence-corrected chi connectivity index (χ0v) is 16.4. The molecule has 3 aromatic heterocycles. The summed E-state index contributed by atoms with van der Waals surface area (Å²) in [6.07, 6.45) is 5.92. The Labute approximate surface area is 173 Å². The molecular formula is C22H19N7O. The van der Waals surface area contributed by atoms with Crippen LogP contribution in [0.2, 0.25) is 0 Å². The van der Waals surface area contributed by atoms with Gasteiger partial charge in [0.15, 0.2) is 5.82 Å². The normalized spacial score (nSPS) is 10.6. The van der Waals surface area contributed by atoms with Crippen molar-refractivity contribution in [3.8, 4) is 40.5 Å². The van der Waals surface area contributed by atoms with E-state index in [0.29, 0.717) is 47.2 Å². The molecule has 1 aromatic carbocycles. The van der Waals surface area contributed by atoms with Crippen molar-refractivity contribution in [1.82, 2.24) is 24.7 Å². The van der Waals surface area contributed by atoms with Crippen molar-refractivity contribution in [2.75, 3.05) is 6.54 Å². The fraction of sp³-hybridized carbons (Fsp3) is 0.136. The van der Waals surface area contributed by atoms with Crippen LogP contribution < -0.4 is 10.5 Å². The summed E-state index contributed by atoms with van der Waals surface area (Å²) in [6, 6.07) is 14.7. The first-order valence-corrected chi connectivity index (χ1v) is 9.36. The van der Waals surface area contributed by atoms with E-state index >= 15 is 0 Å². The standard InChI is InChI=1S/C22H19N7O/c1-29-21(11-19(28-29)18-4-2-3-9-25-18)30-20-10-15(12-24)5-6-17(20)22-26-13-16(7-8-23)14-27-22/h2-6,9-11,13-14H,7-8,23H2,1H3. The monoisotopic (exact) mass is 397 g/mol. The molecule has 8 heteroatoms. The van der Waals surface area contributed by atoms with Gasteiger partial charge in [-0.25, -0.2) is 14.6 Å². The molecule has 148 valence electrons. The van der Waals surface area contributed by atoms with Gasteiger partial charge >= 0.3 is 0 Å². The molecule has 3 heterocycles. The van der Waals surface area contributed by atoms with Gasteiger partial charge in [-0.3, -0.25) is 4.98 Å². The first-order valence-electron chi connectivity index (χ1n) is 9.36. The van der Waals surface area contributed by atoms with Crippen molar-refractivity contribution in [2.45, 2.75) is 6.42 Å². The molecule has 4 aromatic rings. The van der Waals surface area contributed by atoms with Gasteiger partial charge in [-0.15, -0.1) is 0 Å². The van der Waals surface area contributed by atoms with Crippen LogP contribution in [0.15, 0.2) is 61.1 Å². The molecule has 0 unspecified atom stereocenters. The fourth-order valence-corrected chi connectivity index (χ4v) is 2.95. The van der Waals surface area contributed by atoms with E-state index in [2.05, 4.69) is 26.1 Å². The van der Waals surface area contributed by atoms with Crippen LogP contribution in [0.1, 0.15) is 11.1 Å². The van der Waals surface area contributed by atoms with E-state index in [-0.39, 0.29) is 0 Å². The number of hydrogen-bond acceptors (Lipinski definition) is 7. The van der Waals surface area contributed by atoms with Gasteiger partial charge in [0, 0.05) is 31.7 Å². The van der Waals surface area contributed by atoms with Crippen molar-refractivity contribution in [2.24, 2.45) is 12.8 Å². The topological polar surface area (TPSA) is 116 Å². The highest BCUT2D eigenvalue weighted by Gasteiger charge is 2.15. The summed E-state index contributed by atoms with van der Waals surface area (Å²) < 4.78 is 7.76. The predicted molar refractivity (Wildman–Crippen MR) is 111 cm³/mol. The van der Waals surface area contributed by atoms with Crippen molar-refractivity contribution in [3.63, 3.8) is 0 Å². The number of pyridine rings is 1. The quantitative estimate of drug-likeness (QED) is 0.531. The van der Waals surface area contributed by atoms with Gasteiger partial charge in [-0.2, -0.15) is 10.4 Å². The number of nitriles is 1. The van der Waals surface area contributed by atoms with E-state index in [1.165, 1.54) is 0 Å². The second-order valence-electron chi connectivity index (χ2n) is 6.58. The first-order chi connectivity index (χ1) is 14.7. The molecule has 30 heavy (non-hydrogen) atoms. The van der Waals surface area contributed by atoms with Gasteiger partial charge in [-0.1, -0.05) is 6.07 Å². The lowest BCUT2D eigenvalue weighted by Crippen LogP contribution is -2.04. The van der Waals surface area contributed by atoms with Gasteiger partial charge in [0.05, 0.1) is 22.9 Å². The van der Waals surface area contributed by atoms with E-state index in [1.54, 1.807) is 54.6 Å². The molecule has 8 nitrogen and oxygen atoms in total. The number of hydrogen-bond donors (Lipinski definition) is 1. The molecule has 2 N–H and O–H groups in total. The minimum atomic E-state index is 0.469. The van der Waals surface area contributed by atoms with Crippen LogP contribution in [-0.2, 0) is 13.5 Å². The van der Waals surface area contributed by atoms with Crippen LogP contribution in [0.25, 0.3) is 22.8 Å². The van der Waals surface area contributed by atoms with Gasteiger partial charge in [0.1, 0.15) is 11.4 Å². The minimum absolute atomic E-state index is 0.469. The van der Waals surface area contributed by atoms with Gasteiger partial charge in [-0.05, 0) is 48.9 Å². The lowest BCUT2D eigenvalue weighted by atomic mass is 10.1. The molecule has 0 fully saturated rings. The number of rotatable bonds is 6. The van der Waals surface area contributed by atoms with Crippen LogP contribution in [0.4, 0.5) is 0 Å². The van der Waals surface area contributed by atoms with E-state index in [1.807, 2.05) is 18.2 Å². The summed E-state index contributed by atoms with van der Waals surface area (Å²) >= 11 is 0. The molecule has 0 aliphatic carbocycles. The Kier molecular flexibility index (Phi) is 5.46. The molecule has 0 spiro atoms.